The molecule has 0 spiro atoms. The fraction of sp³-hybridized carbons (Fsp3) is 0.280. The summed E-state index contributed by atoms with van der Waals surface area (Å²) in [4.78, 5) is 34.8. The number of pyridine rings is 2. The number of likely N-dealkylation sites (tertiary alicyclic amines) is 1. The minimum Gasteiger partial charge on any atom is -0.495 e. The summed E-state index contributed by atoms with van der Waals surface area (Å²) in [7, 11) is 4.58. The van der Waals surface area contributed by atoms with Crippen LogP contribution in [0.4, 0.5) is 10.6 Å². The van der Waals surface area contributed by atoms with E-state index in [-0.39, 0.29) is 24.0 Å². The molecule has 3 heterocycles. The van der Waals surface area contributed by atoms with Crippen LogP contribution >= 0.6 is 23.2 Å². The molecule has 1 saturated heterocycles. The Labute approximate surface area is 223 Å². The molecular weight excluding hydrogens is 519 g/mol. The molecule has 12 heteroatoms. The first kappa shape index (κ1) is 26.3. The number of urea groups is 1. The Bertz CT molecular complexity index is 1340. The molecule has 1 aromatic carbocycles. The summed E-state index contributed by atoms with van der Waals surface area (Å²) in [6, 6.07) is 4.48. The van der Waals surface area contributed by atoms with E-state index in [1.54, 1.807) is 30.4 Å². The molecule has 194 valence electrons. The smallest absolute Gasteiger partial charge is 0.317 e. The van der Waals surface area contributed by atoms with Gasteiger partial charge in [-0.05, 0) is 18.2 Å². The lowest BCUT2D eigenvalue weighted by Gasteiger charge is -2.20. The number of amides is 3. The van der Waals surface area contributed by atoms with Crippen LogP contribution in [-0.2, 0) is 4.79 Å². The summed E-state index contributed by atoms with van der Waals surface area (Å²) in [5, 5.41) is 11.1. The molecule has 0 saturated carbocycles. The molecule has 4 rings (SSSR count). The van der Waals surface area contributed by atoms with Crippen LogP contribution in [0.1, 0.15) is 0 Å². The van der Waals surface area contributed by atoms with Crippen molar-refractivity contribution in [2.75, 3.05) is 39.7 Å². The molecule has 0 radical (unpaired) electrons. The van der Waals surface area contributed by atoms with E-state index in [9.17, 15) is 9.59 Å². The number of fused-ring (bicyclic) bond motifs is 1. The van der Waals surface area contributed by atoms with Gasteiger partial charge in [-0.15, -0.1) is 0 Å². The molecule has 1 fully saturated rings. The van der Waals surface area contributed by atoms with Crippen molar-refractivity contribution in [3.8, 4) is 22.8 Å². The first-order valence-corrected chi connectivity index (χ1v) is 12.1. The zero-order valence-electron chi connectivity index (χ0n) is 20.5. The normalized spacial score (nSPS) is 16.8. The molecule has 0 bridgehead atoms. The standard InChI is InChI=1S/C25H26Cl2N6O4/c1-5-21(34)32-17-12-33(25(35)28-2)11-16(17)31-20-7-14-9-29-15(6-13(14)10-30-20)22-23(26)18(36-3)8-19(37-4)24(22)27/h5-10,16-17H,1,11-12H2,2-4H3,(H,28,35)(H,30,31)(H,32,34)/t16-,17+/m1/s1. The van der Waals surface area contributed by atoms with Gasteiger partial charge in [0, 0.05) is 54.9 Å². The summed E-state index contributed by atoms with van der Waals surface area (Å²) in [6.07, 6.45) is 4.59. The number of hydrogen-bond donors (Lipinski definition) is 3. The number of aromatic nitrogens is 2. The van der Waals surface area contributed by atoms with Crippen molar-refractivity contribution in [2.45, 2.75) is 12.1 Å². The van der Waals surface area contributed by atoms with Crippen molar-refractivity contribution in [1.82, 2.24) is 25.5 Å². The van der Waals surface area contributed by atoms with Crippen molar-refractivity contribution in [1.29, 1.82) is 0 Å². The molecule has 2 aromatic heterocycles. The van der Waals surface area contributed by atoms with Crippen LogP contribution < -0.4 is 25.4 Å². The van der Waals surface area contributed by atoms with Crippen LogP contribution in [0, 0.1) is 0 Å². The summed E-state index contributed by atoms with van der Waals surface area (Å²) in [5.74, 6) is 1.09. The maximum absolute atomic E-state index is 12.2. The molecular formula is C25H26Cl2N6O4. The van der Waals surface area contributed by atoms with E-state index in [2.05, 4.69) is 32.5 Å². The third-order valence-corrected chi connectivity index (χ3v) is 6.85. The van der Waals surface area contributed by atoms with Gasteiger partial charge >= 0.3 is 6.03 Å². The third-order valence-electron chi connectivity index (χ3n) is 6.10. The second-order valence-corrected chi connectivity index (χ2v) is 9.06. The number of carbonyl (C=O) groups excluding carboxylic acids is 2. The van der Waals surface area contributed by atoms with Crippen LogP contribution in [0.15, 0.2) is 43.2 Å². The van der Waals surface area contributed by atoms with Crippen LogP contribution in [0.5, 0.6) is 11.5 Å². The number of nitrogens with zero attached hydrogens (tertiary/aromatic N) is 3. The molecule has 3 aromatic rings. The average Bonchev–Trinajstić information content (AvgIpc) is 3.30. The zero-order valence-corrected chi connectivity index (χ0v) is 22.0. The van der Waals surface area contributed by atoms with Gasteiger partial charge in [-0.3, -0.25) is 9.78 Å². The highest BCUT2D eigenvalue weighted by atomic mass is 35.5. The Hall–Kier alpha value is -3.76. The molecule has 10 nitrogen and oxygen atoms in total. The molecule has 0 unspecified atom stereocenters. The van der Waals surface area contributed by atoms with Crippen molar-refractivity contribution in [3.63, 3.8) is 0 Å². The quantitative estimate of drug-likeness (QED) is 0.388. The Morgan fingerprint density at radius 1 is 1.03 bits per heavy atom. The first-order valence-electron chi connectivity index (χ1n) is 11.3. The summed E-state index contributed by atoms with van der Waals surface area (Å²) in [6.45, 7) is 4.23. The minimum atomic E-state index is -0.326. The topological polar surface area (TPSA) is 118 Å². The van der Waals surface area contributed by atoms with E-state index >= 15 is 0 Å². The Morgan fingerprint density at radius 2 is 1.65 bits per heavy atom. The number of nitrogens with one attached hydrogen (secondary N) is 3. The van der Waals surface area contributed by atoms with Gasteiger partial charge in [0.25, 0.3) is 0 Å². The lowest BCUT2D eigenvalue weighted by Crippen LogP contribution is -2.45. The number of methoxy groups -OCH3 is 2. The Balaban J connectivity index is 1.63. The molecule has 3 N–H and O–H groups in total. The monoisotopic (exact) mass is 544 g/mol. The van der Waals surface area contributed by atoms with Gasteiger partial charge in [0.05, 0.1) is 42.0 Å². The van der Waals surface area contributed by atoms with Crippen molar-refractivity contribution >= 4 is 51.7 Å². The van der Waals surface area contributed by atoms with Crippen LogP contribution in [-0.4, -0.2) is 73.2 Å². The van der Waals surface area contributed by atoms with E-state index < -0.39 is 0 Å². The molecule has 2 atom stereocenters. The van der Waals surface area contributed by atoms with Crippen LogP contribution in [0.3, 0.4) is 0 Å². The fourth-order valence-corrected chi connectivity index (χ4v) is 4.91. The molecule has 1 aliphatic heterocycles. The van der Waals surface area contributed by atoms with Crippen molar-refractivity contribution in [3.05, 3.63) is 53.3 Å². The van der Waals surface area contributed by atoms with Gasteiger partial charge in [-0.25, -0.2) is 9.78 Å². The highest BCUT2D eigenvalue weighted by molar-refractivity contribution is 6.41. The highest BCUT2D eigenvalue weighted by Gasteiger charge is 2.36. The number of anilines is 1. The summed E-state index contributed by atoms with van der Waals surface area (Å²) >= 11 is 13.1. The van der Waals surface area contributed by atoms with Crippen molar-refractivity contribution in [2.24, 2.45) is 0 Å². The van der Waals surface area contributed by atoms with E-state index in [0.717, 1.165) is 10.8 Å². The van der Waals surface area contributed by atoms with Gasteiger partial charge in [0.2, 0.25) is 5.91 Å². The lowest BCUT2D eigenvalue weighted by atomic mass is 10.1. The second-order valence-electron chi connectivity index (χ2n) is 8.30. The number of rotatable bonds is 7. The largest absolute Gasteiger partial charge is 0.495 e. The summed E-state index contributed by atoms with van der Waals surface area (Å²) < 4.78 is 10.7. The van der Waals surface area contributed by atoms with Gasteiger partial charge in [0.15, 0.2) is 0 Å². The number of carbonyl (C=O) groups is 2. The lowest BCUT2D eigenvalue weighted by molar-refractivity contribution is -0.117. The maximum atomic E-state index is 12.2. The number of halogens is 2. The summed E-state index contributed by atoms with van der Waals surface area (Å²) in [5.41, 5.74) is 1.02. The van der Waals surface area contributed by atoms with E-state index in [1.807, 2.05) is 12.1 Å². The Morgan fingerprint density at radius 3 is 2.27 bits per heavy atom. The fourth-order valence-electron chi connectivity index (χ4n) is 4.22. The van der Waals surface area contributed by atoms with Crippen LogP contribution in [0.25, 0.3) is 22.0 Å². The number of benzene rings is 1. The van der Waals surface area contributed by atoms with Gasteiger partial charge in [0.1, 0.15) is 17.3 Å². The SMILES string of the molecule is C=CC(=O)N[C@H]1CN(C(=O)NC)C[C@H]1Nc1cc2cnc(-c3c(Cl)c(OC)cc(OC)c3Cl)cc2cn1. The van der Waals surface area contributed by atoms with E-state index in [4.69, 9.17) is 32.7 Å². The predicted octanol–water partition coefficient (Wildman–Crippen LogP) is 3.73. The molecule has 37 heavy (non-hydrogen) atoms. The molecule has 1 aliphatic rings. The Kier molecular flexibility index (Phi) is 7.89. The molecule has 3 amide bonds. The van der Waals surface area contributed by atoms with Crippen LogP contribution in [0.2, 0.25) is 10.0 Å². The highest BCUT2D eigenvalue weighted by Crippen LogP contribution is 2.45. The zero-order chi connectivity index (χ0) is 26.7. The second kappa shape index (κ2) is 11.1. The first-order chi connectivity index (χ1) is 17.8. The third kappa shape index (κ3) is 5.35. The minimum absolute atomic E-state index is 0.225. The number of hydrogen-bond acceptors (Lipinski definition) is 7. The predicted molar refractivity (Wildman–Crippen MR) is 144 cm³/mol. The van der Waals surface area contributed by atoms with Gasteiger partial charge < -0.3 is 30.3 Å². The molecule has 0 aliphatic carbocycles. The van der Waals surface area contributed by atoms with Gasteiger partial charge in [-0.1, -0.05) is 29.8 Å². The van der Waals surface area contributed by atoms with E-state index in [0.29, 0.717) is 51.7 Å². The number of ether oxygens (including phenoxy) is 2. The van der Waals surface area contributed by atoms with Crippen molar-refractivity contribution < 1.29 is 19.1 Å². The maximum Gasteiger partial charge on any atom is 0.317 e. The average molecular weight is 545 g/mol. The van der Waals surface area contributed by atoms with Gasteiger partial charge in [-0.2, -0.15) is 0 Å². The van der Waals surface area contributed by atoms with E-state index in [1.165, 1.54) is 20.3 Å².